The first kappa shape index (κ1) is 25.4. The fraction of sp³-hybridized carbons (Fsp3) is 0.296. The van der Waals surface area contributed by atoms with Gasteiger partial charge >= 0.3 is 0 Å². The van der Waals surface area contributed by atoms with Crippen LogP contribution in [0.5, 0.6) is 5.75 Å². The number of carbonyl (C=O) groups excluding carboxylic acids is 2. The van der Waals surface area contributed by atoms with Gasteiger partial charge < -0.3 is 14.6 Å². The van der Waals surface area contributed by atoms with Crippen molar-refractivity contribution in [2.75, 3.05) is 26.7 Å². The van der Waals surface area contributed by atoms with Crippen LogP contribution in [0.15, 0.2) is 64.6 Å². The summed E-state index contributed by atoms with van der Waals surface area (Å²) in [6, 6.07) is 18.1. The molecule has 2 aliphatic heterocycles. The molecule has 2 amide bonds. The number of hydrogen-bond donors (Lipinski definition) is 2. The number of benzene rings is 2. The molecule has 8 nitrogen and oxygen atoms in total. The molecule has 2 aliphatic rings. The maximum absolute atomic E-state index is 12.3. The van der Waals surface area contributed by atoms with Gasteiger partial charge in [-0.2, -0.15) is 5.10 Å². The van der Waals surface area contributed by atoms with Gasteiger partial charge in [-0.25, -0.2) is 5.43 Å². The van der Waals surface area contributed by atoms with Crippen molar-refractivity contribution in [2.24, 2.45) is 5.10 Å². The minimum absolute atomic E-state index is 0.0965. The highest BCUT2D eigenvalue weighted by Crippen LogP contribution is 2.36. The van der Waals surface area contributed by atoms with Gasteiger partial charge in [0.1, 0.15) is 5.75 Å². The minimum Gasteiger partial charge on any atom is -0.482 e. The Labute approximate surface area is 225 Å². The highest BCUT2D eigenvalue weighted by atomic mass is 35.5. The standard InChI is InChI=1S/C27H28ClN5O3S/c1-32(15-19-7-8-20-17-37-25-5-3-2-4-23(25)33(19)20)13-12-29-27(35)16-36-24-10-6-18(14-21(24)28)22-9-11-26(34)31-30-22/h2-8,10,14H,9,11-13,15-17H2,1H3,(H,29,35)(H,31,34). The molecule has 5 rings (SSSR count). The quantitative estimate of drug-likeness (QED) is 0.431. The summed E-state index contributed by atoms with van der Waals surface area (Å²) in [6.07, 6.45) is 0.948. The van der Waals surface area contributed by atoms with E-state index in [1.807, 2.05) is 17.8 Å². The number of amides is 2. The number of fused-ring (bicyclic) bond motifs is 3. The summed E-state index contributed by atoms with van der Waals surface area (Å²) in [5, 5.41) is 7.37. The molecular formula is C27H28ClN5O3S. The van der Waals surface area contributed by atoms with Crippen molar-refractivity contribution in [3.63, 3.8) is 0 Å². The summed E-state index contributed by atoms with van der Waals surface area (Å²) in [5.74, 6) is 1.09. The zero-order valence-corrected chi connectivity index (χ0v) is 22.1. The normalized spacial score (nSPS) is 14.5. The van der Waals surface area contributed by atoms with Gasteiger partial charge in [0.25, 0.3) is 5.91 Å². The molecule has 0 aliphatic carbocycles. The van der Waals surface area contributed by atoms with Crippen molar-refractivity contribution in [1.29, 1.82) is 0 Å². The first-order chi connectivity index (χ1) is 18.0. The third-order valence-corrected chi connectivity index (χ3v) is 7.69. The number of thioether (sulfide) groups is 1. The topological polar surface area (TPSA) is 88.0 Å². The Morgan fingerprint density at radius 2 is 2.08 bits per heavy atom. The van der Waals surface area contributed by atoms with Crippen molar-refractivity contribution in [3.05, 3.63) is 76.6 Å². The van der Waals surface area contributed by atoms with E-state index in [0.717, 1.165) is 23.6 Å². The lowest BCUT2D eigenvalue weighted by atomic mass is 10.0. The van der Waals surface area contributed by atoms with Crippen LogP contribution >= 0.6 is 23.4 Å². The number of para-hydroxylation sites is 1. The Hall–Kier alpha value is -3.27. The molecule has 0 saturated heterocycles. The molecule has 0 fully saturated rings. The molecule has 37 heavy (non-hydrogen) atoms. The van der Waals surface area contributed by atoms with Gasteiger partial charge in [-0.15, -0.1) is 11.8 Å². The highest BCUT2D eigenvalue weighted by molar-refractivity contribution is 7.98. The second-order valence-electron chi connectivity index (χ2n) is 9.02. The maximum atomic E-state index is 12.3. The Kier molecular flexibility index (Phi) is 7.83. The summed E-state index contributed by atoms with van der Waals surface area (Å²) >= 11 is 8.22. The summed E-state index contributed by atoms with van der Waals surface area (Å²) in [4.78, 5) is 27.1. The Morgan fingerprint density at radius 3 is 2.89 bits per heavy atom. The van der Waals surface area contributed by atoms with E-state index >= 15 is 0 Å². The zero-order chi connectivity index (χ0) is 25.8. The number of likely N-dealkylation sites (N-methyl/N-ethyl adjacent to an activating group) is 1. The molecule has 0 bridgehead atoms. The highest BCUT2D eigenvalue weighted by Gasteiger charge is 2.19. The lowest BCUT2D eigenvalue weighted by Crippen LogP contribution is -2.35. The van der Waals surface area contributed by atoms with Crippen LogP contribution in [0, 0.1) is 0 Å². The maximum Gasteiger partial charge on any atom is 0.257 e. The van der Waals surface area contributed by atoms with E-state index in [4.69, 9.17) is 16.3 Å². The number of carbonyl (C=O) groups is 2. The van der Waals surface area contributed by atoms with E-state index < -0.39 is 0 Å². The number of rotatable bonds is 9. The number of nitrogens with zero attached hydrogens (tertiary/aromatic N) is 3. The van der Waals surface area contributed by atoms with Crippen molar-refractivity contribution >= 4 is 40.9 Å². The van der Waals surface area contributed by atoms with Crippen molar-refractivity contribution < 1.29 is 14.3 Å². The second kappa shape index (κ2) is 11.4. The summed E-state index contributed by atoms with van der Waals surface area (Å²) in [7, 11) is 2.05. The van der Waals surface area contributed by atoms with E-state index in [-0.39, 0.29) is 18.4 Å². The Bertz CT molecular complexity index is 1360. The average Bonchev–Trinajstić information content (AvgIpc) is 3.31. The summed E-state index contributed by atoms with van der Waals surface area (Å²) in [5.41, 5.74) is 7.83. The summed E-state index contributed by atoms with van der Waals surface area (Å²) < 4.78 is 7.97. The molecule has 0 unspecified atom stereocenters. The number of aromatic nitrogens is 1. The predicted molar refractivity (Wildman–Crippen MR) is 146 cm³/mol. The lowest BCUT2D eigenvalue weighted by molar-refractivity contribution is -0.123. The molecule has 0 radical (unpaired) electrons. The zero-order valence-electron chi connectivity index (χ0n) is 20.5. The molecular weight excluding hydrogens is 510 g/mol. The fourth-order valence-electron chi connectivity index (χ4n) is 4.40. The molecule has 2 aromatic carbocycles. The molecule has 3 aromatic rings. The van der Waals surface area contributed by atoms with Gasteiger partial charge in [-0.3, -0.25) is 14.5 Å². The van der Waals surface area contributed by atoms with Crippen molar-refractivity contribution in [3.8, 4) is 11.4 Å². The summed E-state index contributed by atoms with van der Waals surface area (Å²) in [6.45, 7) is 1.87. The van der Waals surface area contributed by atoms with Gasteiger partial charge in [-0.05, 0) is 55.1 Å². The monoisotopic (exact) mass is 537 g/mol. The van der Waals surface area contributed by atoms with Crippen LogP contribution in [0.4, 0.5) is 0 Å². The van der Waals surface area contributed by atoms with Crippen LogP contribution in [0.25, 0.3) is 5.69 Å². The smallest absolute Gasteiger partial charge is 0.257 e. The van der Waals surface area contributed by atoms with Crippen LogP contribution in [0.3, 0.4) is 0 Å². The molecule has 2 N–H and O–H groups in total. The number of nitrogens with one attached hydrogen (secondary N) is 2. The largest absolute Gasteiger partial charge is 0.482 e. The van der Waals surface area contributed by atoms with Gasteiger partial charge in [0, 0.05) is 54.5 Å². The third kappa shape index (κ3) is 6.01. The molecule has 1 aromatic heterocycles. The molecule has 192 valence electrons. The van der Waals surface area contributed by atoms with E-state index in [0.29, 0.717) is 36.7 Å². The van der Waals surface area contributed by atoms with Crippen LogP contribution in [0.2, 0.25) is 5.02 Å². The van der Waals surface area contributed by atoms with E-state index in [1.54, 1.807) is 12.1 Å². The number of hydrazone groups is 1. The van der Waals surface area contributed by atoms with E-state index in [1.165, 1.54) is 22.0 Å². The lowest BCUT2D eigenvalue weighted by Gasteiger charge is -2.24. The number of hydrogen-bond acceptors (Lipinski definition) is 6. The predicted octanol–water partition coefficient (Wildman–Crippen LogP) is 3.98. The average molecular weight is 538 g/mol. The number of ether oxygens (including phenoxy) is 1. The fourth-order valence-corrected chi connectivity index (χ4v) is 5.65. The van der Waals surface area contributed by atoms with Crippen LogP contribution in [-0.2, 0) is 21.9 Å². The van der Waals surface area contributed by atoms with Crippen molar-refractivity contribution in [1.82, 2.24) is 20.2 Å². The van der Waals surface area contributed by atoms with Crippen molar-refractivity contribution in [2.45, 2.75) is 30.0 Å². The first-order valence-corrected chi connectivity index (χ1v) is 13.5. The Morgan fingerprint density at radius 1 is 1.22 bits per heavy atom. The van der Waals surface area contributed by atoms with Gasteiger partial charge in [0.2, 0.25) is 5.91 Å². The molecule has 0 spiro atoms. The molecule has 10 heteroatoms. The van der Waals surface area contributed by atoms with E-state index in [9.17, 15) is 9.59 Å². The minimum atomic E-state index is -0.209. The SMILES string of the molecule is CN(CCNC(=O)COc1ccc(C2=NNC(=O)CC2)cc1Cl)Cc1ccc2n1-c1ccccc1SC2. The first-order valence-electron chi connectivity index (χ1n) is 12.1. The Balaban J connectivity index is 1.08. The molecule has 0 atom stereocenters. The van der Waals surface area contributed by atoms with Gasteiger partial charge in [0.05, 0.1) is 16.4 Å². The van der Waals surface area contributed by atoms with Gasteiger partial charge in [0.15, 0.2) is 6.61 Å². The van der Waals surface area contributed by atoms with Crippen LogP contribution < -0.4 is 15.5 Å². The third-order valence-electron chi connectivity index (χ3n) is 6.30. The van der Waals surface area contributed by atoms with Crippen LogP contribution in [0.1, 0.15) is 29.8 Å². The second-order valence-corrected chi connectivity index (χ2v) is 10.4. The van der Waals surface area contributed by atoms with E-state index in [2.05, 4.69) is 68.8 Å². The molecule has 0 saturated carbocycles. The van der Waals surface area contributed by atoms with Gasteiger partial charge in [-0.1, -0.05) is 23.7 Å². The van der Waals surface area contributed by atoms with Crippen LogP contribution in [-0.4, -0.2) is 53.7 Å². The molecule has 3 heterocycles. The number of halogens is 1.